The Morgan fingerprint density at radius 1 is 1.00 bits per heavy atom. The first-order valence-corrected chi connectivity index (χ1v) is 5.99. The lowest BCUT2D eigenvalue weighted by atomic mass is 10.2. The molecule has 0 aliphatic carbocycles. The van der Waals surface area contributed by atoms with Gasteiger partial charge in [-0.1, -0.05) is 0 Å². The largest absolute Gasteiger partial charge is 0.508 e. The fourth-order valence-corrected chi connectivity index (χ4v) is 2.23. The normalized spacial score (nSPS) is 10.5. The van der Waals surface area contributed by atoms with Crippen LogP contribution in [0.3, 0.4) is 0 Å². The van der Waals surface area contributed by atoms with E-state index in [4.69, 9.17) is 5.11 Å². The van der Waals surface area contributed by atoms with E-state index < -0.39 is 11.6 Å². The lowest BCUT2D eigenvalue weighted by Gasteiger charge is -2.04. The van der Waals surface area contributed by atoms with E-state index in [9.17, 15) is 8.78 Å². The Morgan fingerprint density at radius 2 is 1.71 bits per heavy atom. The highest BCUT2D eigenvalue weighted by atomic mass is 32.2. The van der Waals surface area contributed by atoms with Gasteiger partial charge in [0.1, 0.15) is 17.4 Å². The molecule has 0 aliphatic rings. The molecule has 0 radical (unpaired) electrons. The van der Waals surface area contributed by atoms with Crippen molar-refractivity contribution in [1.82, 2.24) is 0 Å². The second kappa shape index (κ2) is 5.19. The number of hydrogen-bond acceptors (Lipinski definition) is 2. The van der Waals surface area contributed by atoms with Crippen LogP contribution in [0.4, 0.5) is 8.78 Å². The van der Waals surface area contributed by atoms with Gasteiger partial charge >= 0.3 is 0 Å². The summed E-state index contributed by atoms with van der Waals surface area (Å²) in [6.07, 6.45) is 0. The van der Waals surface area contributed by atoms with Crippen molar-refractivity contribution in [3.63, 3.8) is 0 Å². The van der Waals surface area contributed by atoms with E-state index in [-0.39, 0.29) is 5.75 Å². The predicted molar refractivity (Wildman–Crippen MR) is 64.0 cm³/mol. The smallest absolute Gasteiger partial charge is 0.127 e. The van der Waals surface area contributed by atoms with Gasteiger partial charge < -0.3 is 5.11 Å². The molecule has 2 aromatic carbocycles. The molecule has 0 saturated carbocycles. The lowest BCUT2D eigenvalue weighted by Crippen LogP contribution is -1.89. The van der Waals surface area contributed by atoms with Crippen molar-refractivity contribution in [1.29, 1.82) is 0 Å². The van der Waals surface area contributed by atoms with Gasteiger partial charge in [-0.15, -0.1) is 11.8 Å². The molecule has 0 heterocycles. The van der Waals surface area contributed by atoms with Crippen molar-refractivity contribution in [3.05, 3.63) is 59.7 Å². The Balaban J connectivity index is 2.07. The minimum Gasteiger partial charge on any atom is -0.508 e. The molecule has 0 spiro atoms. The first kappa shape index (κ1) is 11.9. The van der Waals surface area contributed by atoms with Gasteiger partial charge in [0.15, 0.2) is 0 Å². The van der Waals surface area contributed by atoms with Gasteiger partial charge in [-0.3, -0.25) is 0 Å². The van der Waals surface area contributed by atoms with Crippen LogP contribution in [0.5, 0.6) is 5.75 Å². The third-order valence-electron chi connectivity index (χ3n) is 2.24. The van der Waals surface area contributed by atoms with Crippen LogP contribution in [0.25, 0.3) is 0 Å². The summed E-state index contributed by atoms with van der Waals surface area (Å²) in [6, 6.07) is 10.0. The first-order valence-electron chi connectivity index (χ1n) is 5.01. The van der Waals surface area contributed by atoms with Crippen molar-refractivity contribution in [2.24, 2.45) is 0 Å². The topological polar surface area (TPSA) is 20.2 Å². The summed E-state index contributed by atoms with van der Waals surface area (Å²) in [5.74, 6) is -0.300. The molecule has 88 valence electrons. The van der Waals surface area contributed by atoms with E-state index in [0.29, 0.717) is 11.3 Å². The lowest BCUT2D eigenvalue weighted by molar-refractivity contribution is 0.475. The SMILES string of the molecule is Oc1ccc(SCc2cc(F)ccc2F)cc1. The Morgan fingerprint density at radius 3 is 2.41 bits per heavy atom. The Bertz CT molecular complexity index is 511. The maximum atomic E-state index is 13.3. The van der Waals surface area contributed by atoms with Crippen LogP contribution in [0.1, 0.15) is 5.56 Å². The van der Waals surface area contributed by atoms with E-state index >= 15 is 0 Å². The number of phenolic OH excluding ortho intramolecular Hbond substituents is 1. The molecule has 0 saturated heterocycles. The number of halogens is 2. The molecular formula is C13H10F2OS. The fourth-order valence-electron chi connectivity index (χ4n) is 1.36. The number of hydrogen-bond donors (Lipinski definition) is 1. The summed E-state index contributed by atoms with van der Waals surface area (Å²) in [4.78, 5) is 0.895. The summed E-state index contributed by atoms with van der Waals surface area (Å²) in [5, 5.41) is 9.10. The summed E-state index contributed by atoms with van der Waals surface area (Å²) in [7, 11) is 0. The van der Waals surface area contributed by atoms with Crippen LogP contribution in [-0.4, -0.2) is 5.11 Å². The molecule has 4 heteroatoms. The highest BCUT2D eigenvalue weighted by Crippen LogP contribution is 2.25. The average Bonchev–Trinajstić information content (AvgIpc) is 2.32. The predicted octanol–water partition coefficient (Wildman–Crippen LogP) is 3.96. The van der Waals surface area contributed by atoms with Gasteiger partial charge in [-0.2, -0.15) is 0 Å². The summed E-state index contributed by atoms with van der Waals surface area (Å²) >= 11 is 1.39. The van der Waals surface area contributed by atoms with Crippen LogP contribution >= 0.6 is 11.8 Å². The maximum absolute atomic E-state index is 13.3. The minimum atomic E-state index is -0.437. The van der Waals surface area contributed by atoms with Crippen LogP contribution in [-0.2, 0) is 5.75 Å². The van der Waals surface area contributed by atoms with Crippen LogP contribution < -0.4 is 0 Å². The fraction of sp³-hybridized carbons (Fsp3) is 0.0769. The van der Waals surface area contributed by atoms with Crippen molar-refractivity contribution >= 4 is 11.8 Å². The second-order valence-corrected chi connectivity index (χ2v) is 4.57. The van der Waals surface area contributed by atoms with Gasteiger partial charge in [0.25, 0.3) is 0 Å². The number of thioether (sulfide) groups is 1. The van der Waals surface area contributed by atoms with Gasteiger partial charge in [0.05, 0.1) is 0 Å². The van der Waals surface area contributed by atoms with E-state index in [0.717, 1.165) is 17.0 Å². The molecule has 0 unspecified atom stereocenters. The number of phenols is 1. The van der Waals surface area contributed by atoms with E-state index in [1.54, 1.807) is 24.3 Å². The van der Waals surface area contributed by atoms with Crippen molar-refractivity contribution in [3.8, 4) is 5.75 Å². The van der Waals surface area contributed by atoms with Crippen molar-refractivity contribution < 1.29 is 13.9 Å². The highest BCUT2D eigenvalue weighted by molar-refractivity contribution is 7.98. The Labute approximate surface area is 102 Å². The Hall–Kier alpha value is -1.55. The van der Waals surface area contributed by atoms with Crippen molar-refractivity contribution in [2.75, 3.05) is 0 Å². The van der Waals surface area contributed by atoms with Crippen LogP contribution in [0.15, 0.2) is 47.4 Å². The first-order chi connectivity index (χ1) is 8.15. The molecule has 0 aromatic heterocycles. The molecule has 17 heavy (non-hydrogen) atoms. The molecule has 0 fully saturated rings. The quantitative estimate of drug-likeness (QED) is 0.834. The molecule has 1 N–H and O–H groups in total. The monoisotopic (exact) mass is 252 g/mol. The third kappa shape index (κ3) is 3.20. The molecule has 0 amide bonds. The maximum Gasteiger partial charge on any atom is 0.127 e. The molecule has 0 aliphatic heterocycles. The summed E-state index contributed by atoms with van der Waals surface area (Å²) in [6.45, 7) is 0. The highest BCUT2D eigenvalue weighted by Gasteiger charge is 2.04. The summed E-state index contributed by atoms with van der Waals surface area (Å²) in [5.41, 5.74) is 0.336. The van der Waals surface area contributed by atoms with Crippen molar-refractivity contribution in [2.45, 2.75) is 10.6 Å². The third-order valence-corrected chi connectivity index (χ3v) is 3.30. The molecule has 2 aromatic rings. The van der Waals surface area contributed by atoms with Gasteiger partial charge in [0, 0.05) is 16.2 Å². The minimum absolute atomic E-state index is 0.186. The molecule has 0 bridgehead atoms. The zero-order valence-electron chi connectivity index (χ0n) is 8.86. The number of aromatic hydroxyl groups is 1. The standard InChI is InChI=1S/C13H10F2OS/c14-10-1-6-13(15)9(7-10)8-17-12-4-2-11(16)3-5-12/h1-7,16H,8H2. The molecule has 0 atom stereocenters. The van der Waals surface area contributed by atoms with Gasteiger partial charge in [-0.25, -0.2) is 8.78 Å². The van der Waals surface area contributed by atoms with E-state index in [2.05, 4.69) is 0 Å². The zero-order valence-corrected chi connectivity index (χ0v) is 9.68. The Kier molecular flexibility index (Phi) is 3.64. The average molecular weight is 252 g/mol. The van der Waals surface area contributed by atoms with Crippen LogP contribution in [0.2, 0.25) is 0 Å². The number of benzene rings is 2. The number of rotatable bonds is 3. The van der Waals surface area contributed by atoms with E-state index in [1.807, 2.05) is 0 Å². The molecule has 1 nitrogen and oxygen atoms in total. The summed E-state index contributed by atoms with van der Waals surface area (Å²) < 4.78 is 26.2. The van der Waals surface area contributed by atoms with Crippen LogP contribution in [0, 0.1) is 11.6 Å². The zero-order chi connectivity index (χ0) is 12.3. The van der Waals surface area contributed by atoms with Gasteiger partial charge in [-0.05, 0) is 42.5 Å². The van der Waals surface area contributed by atoms with E-state index in [1.165, 1.54) is 17.8 Å². The second-order valence-electron chi connectivity index (χ2n) is 3.52. The molecular weight excluding hydrogens is 242 g/mol. The van der Waals surface area contributed by atoms with Gasteiger partial charge in [0.2, 0.25) is 0 Å². The molecule has 2 rings (SSSR count).